The molecule has 0 fully saturated rings. The van der Waals surface area contributed by atoms with E-state index in [4.69, 9.17) is 0 Å². The number of nitrogens with one attached hydrogen (secondary N) is 1. The summed E-state index contributed by atoms with van der Waals surface area (Å²) in [5, 5.41) is 3.22. The molecular formula is C11H22F3NO. The van der Waals surface area contributed by atoms with Crippen LogP contribution in [0.1, 0.15) is 27.2 Å². The van der Waals surface area contributed by atoms with E-state index in [1.165, 1.54) is 0 Å². The van der Waals surface area contributed by atoms with Crippen molar-refractivity contribution in [3.63, 3.8) is 0 Å². The fourth-order valence-electron chi connectivity index (χ4n) is 1.24. The van der Waals surface area contributed by atoms with Crippen LogP contribution in [0.2, 0.25) is 0 Å². The molecule has 1 atom stereocenters. The lowest BCUT2D eigenvalue weighted by atomic mass is 10.1. The Labute approximate surface area is 95.5 Å². The number of alkyl halides is 3. The summed E-state index contributed by atoms with van der Waals surface area (Å²) in [7, 11) is 0. The Morgan fingerprint density at radius 1 is 1.19 bits per heavy atom. The fraction of sp³-hybridized carbons (Fsp3) is 1.00. The SMILES string of the molecule is CCC(CNCC(C)C)COCC(F)(F)F. The van der Waals surface area contributed by atoms with Gasteiger partial charge in [0.05, 0.1) is 6.61 Å². The maximum atomic E-state index is 11.8. The van der Waals surface area contributed by atoms with Crippen LogP contribution in [0, 0.1) is 11.8 Å². The van der Waals surface area contributed by atoms with Crippen molar-refractivity contribution in [1.29, 1.82) is 0 Å². The molecule has 0 spiro atoms. The molecule has 98 valence electrons. The Hall–Kier alpha value is -0.290. The van der Waals surface area contributed by atoms with Crippen LogP contribution in [0.3, 0.4) is 0 Å². The molecule has 2 nitrogen and oxygen atoms in total. The standard InChI is InChI=1S/C11H22F3NO/c1-4-10(6-15-5-9(2)3)7-16-8-11(12,13)14/h9-10,15H,4-8H2,1-3H3. The maximum Gasteiger partial charge on any atom is 0.411 e. The molecule has 0 saturated heterocycles. The van der Waals surface area contributed by atoms with Crippen molar-refractivity contribution in [3.05, 3.63) is 0 Å². The van der Waals surface area contributed by atoms with Crippen molar-refractivity contribution in [2.45, 2.75) is 33.4 Å². The van der Waals surface area contributed by atoms with Gasteiger partial charge in [0.1, 0.15) is 6.61 Å². The van der Waals surface area contributed by atoms with E-state index in [-0.39, 0.29) is 12.5 Å². The Bertz CT molecular complexity index is 171. The summed E-state index contributed by atoms with van der Waals surface area (Å²) in [6.45, 7) is 6.76. The van der Waals surface area contributed by atoms with Crippen molar-refractivity contribution in [1.82, 2.24) is 5.32 Å². The largest absolute Gasteiger partial charge is 0.411 e. The molecule has 0 radical (unpaired) electrons. The highest BCUT2D eigenvalue weighted by Gasteiger charge is 2.27. The Balaban J connectivity index is 3.59. The van der Waals surface area contributed by atoms with Crippen LogP contribution in [-0.4, -0.2) is 32.5 Å². The molecule has 0 heterocycles. The van der Waals surface area contributed by atoms with Crippen molar-refractivity contribution < 1.29 is 17.9 Å². The quantitative estimate of drug-likeness (QED) is 0.705. The average Bonchev–Trinajstić information content (AvgIpc) is 2.13. The predicted octanol–water partition coefficient (Wildman–Crippen LogP) is 2.84. The first-order valence-corrected chi connectivity index (χ1v) is 5.70. The second kappa shape index (κ2) is 7.90. The van der Waals surface area contributed by atoms with Crippen LogP contribution in [0.4, 0.5) is 13.2 Å². The summed E-state index contributed by atoms with van der Waals surface area (Å²) >= 11 is 0. The third-order valence-electron chi connectivity index (χ3n) is 2.18. The highest BCUT2D eigenvalue weighted by molar-refractivity contribution is 4.61. The molecule has 0 aliphatic rings. The number of hydrogen-bond acceptors (Lipinski definition) is 2. The Morgan fingerprint density at radius 2 is 1.81 bits per heavy atom. The second-order valence-corrected chi connectivity index (χ2v) is 4.46. The van der Waals surface area contributed by atoms with Gasteiger partial charge in [-0.05, 0) is 24.8 Å². The van der Waals surface area contributed by atoms with E-state index < -0.39 is 12.8 Å². The van der Waals surface area contributed by atoms with Gasteiger partial charge in [-0.15, -0.1) is 0 Å². The number of ether oxygens (including phenoxy) is 1. The minimum atomic E-state index is -4.22. The molecule has 0 rings (SSSR count). The molecule has 0 aliphatic carbocycles. The van der Waals surface area contributed by atoms with Gasteiger partial charge in [-0.2, -0.15) is 13.2 Å². The van der Waals surface area contributed by atoms with Gasteiger partial charge in [0.2, 0.25) is 0 Å². The van der Waals surface area contributed by atoms with E-state index >= 15 is 0 Å². The molecule has 0 bridgehead atoms. The Kier molecular flexibility index (Phi) is 7.76. The topological polar surface area (TPSA) is 21.3 Å². The molecule has 0 aliphatic heterocycles. The van der Waals surface area contributed by atoms with Crippen molar-refractivity contribution in [2.75, 3.05) is 26.3 Å². The van der Waals surface area contributed by atoms with Crippen LogP contribution in [0.5, 0.6) is 0 Å². The molecule has 16 heavy (non-hydrogen) atoms. The van der Waals surface area contributed by atoms with E-state index in [2.05, 4.69) is 23.9 Å². The maximum absolute atomic E-state index is 11.8. The van der Waals surface area contributed by atoms with Crippen LogP contribution < -0.4 is 5.32 Å². The second-order valence-electron chi connectivity index (χ2n) is 4.46. The zero-order valence-corrected chi connectivity index (χ0v) is 10.2. The van der Waals surface area contributed by atoms with Crippen LogP contribution >= 0.6 is 0 Å². The normalized spacial score (nSPS) is 14.4. The van der Waals surface area contributed by atoms with E-state index in [0.29, 0.717) is 12.5 Å². The van der Waals surface area contributed by atoms with E-state index in [0.717, 1.165) is 13.0 Å². The summed E-state index contributed by atoms with van der Waals surface area (Å²) in [5.41, 5.74) is 0. The molecular weight excluding hydrogens is 219 g/mol. The molecule has 1 unspecified atom stereocenters. The molecule has 0 aromatic carbocycles. The van der Waals surface area contributed by atoms with Gasteiger partial charge < -0.3 is 10.1 Å². The first-order valence-electron chi connectivity index (χ1n) is 5.70. The summed E-state index contributed by atoms with van der Waals surface area (Å²) in [6, 6.07) is 0. The van der Waals surface area contributed by atoms with Gasteiger partial charge in [-0.25, -0.2) is 0 Å². The van der Waals surface area contributed by atoms with Crippen molar-refractivity contribution in [3.8, 4) is 0 Å². The van der Waals surface area contributed by atoms with Crippen LogP contribution in [0.25, 0.3) is 0 Å². The highest BCUT2D eigenvalue weighted by atomic mass is 19.4. The third-order valence-corrected chi connectivity index (χ3v) is 2.18. The zero-order chi connectivity index (χ0) is 12.6. The lowest BCUT2D eigenvalue weighted by molar-refractivity contribution is -0.176. The molecule has 0 amide bonds. The van der Waals surface area contributed by atoms with E-state index in [1.807, 2.05) is 6.92 Å². The van der Waals surface area contributed by atoms with Gasteiger partial charge in [0, 0.05) is 6.54 Å². The molecule has 5 heteroatoms. The monoisotopic (exact) mass is 241 g/mol. The highest BCUT2D eigenvalue weighted by Crippen LogP contribution is 2.15. The van der Waals surface area contributed by atoms with Gasteiger partial charge in [-0.3, -0.25) is 0 Å². The van der Waals surface area contributed by atoms with Gasteiger partial charge >= 0.3 is 6.18 Å². The van der Waals surface area contributed by atoms with Crippen LogP contribution in [0.15, 0.2) is 0 Å². The van der Waals surface area contributed by atoms with Gasteiger partial charge in [0.15, 0.2) is 0 Å². The van der Waals surface area contributed by atoms with Gasteiger partial charge in [-0.1, -0.05) is 20.8 Å². The Morgan fingerprint density at radius 3 is 2.25 bits per heavy atom. The first-order chi connectivity index (χ1) is 7.35. The molecule has 0 aromatic heterocycles. The van der Waals surface area contributed by atoms with E-state index in [1.54, 1.807) is 0 Å². The van der Waals surface area contributed by atoms with E-state index in [9.17, 15) is 13.2 Å². The third kappa shape index (κ3) is 10.2. The minimum Gasteiger partial charge on any atom is -0.372 e. The summed E-state index contributed by atoms with van der Waals surface area (Å²) < 4.78 is 40.1. The summed E-state index contributed by atoms with van der Waals surface area (Å²) in [6.07, 6.45) is -3.40. The average molecular weight is 241 g/mol. The molecule has 1 N–H and O–H groups in total. The van der Waals surface area contributed by atoms with Crippen LogP contribution in [-0.2, 0) is 4.74 Å². The lowest BCUT2D eigenvalue weighted by Crippen LogP contribution is -2.29. The zero-order valence-electron chi connectivity index (χ0n) is 10.2. The number of halogens is 3. The smallest absolute Gasteiger partial charge is 0.372 e. The molecule has 0 saturated carbocycles. The van der Waals surface area contributed by atoms with Crippen molar-refractivity contribution >= 4 is 0 Å². The first kappa shape index (κ1) is 15.7. The van der Waals surface area contributed by atoms with Gasteiger partial charge in [0.25, 0.3) is 0 Å². The molecule has 0 aromatic rings. The summed E-state index contributed by atoms with van der Waals surface area (Å²) in [4.78, 5) is 0. The fourth-order valence-corrected chi connectivity index (χ4v) is 1.24. The number of rotatable bonds is 8. The van der Waals surface area contributed by atoms with Crippen molar-refractivity contribution in [2.24, 2.45) is 11.8 Å². The lowest BCUT2D eigenvalue weighted by Gasteiger charge is -2.17. The summed E-state index contributed by atoms with van der Waals surface area (Å²) in [5.74, 6) is 0.703. The predicted molar refractivity (Wildman–Crippen MR) is 58.4 cm³/mol. The number of hydrogen-bond donors (Lipinski definition) is 1. The minimum absolute atomic E-state index is 0.154.